The van der Waals surface area contributed by atoms with Gasteiger partial charge in [-0.1, -0.05) is 13.3 Å². The van der Waals surface area contributed by atoms with E-state index in [1.807, 2.05) is 0 Å². The summed E-state index contributed by atoms with van der Waals surface area (Å²) in [7, 11) is 0. The van der Waals surface area contributed by atoms with Gasteiger partial charge in [0, 0.05) is 16.8 Å². The first-order valence-corrected chi connectivity index (χ1v) is 5.77. The third-order valence-electron chi connectivity index (χ3n) is 1.99. The molecule has 86 valence electrons. The summed E-state index contributed by atoms with van der Waals surface area (Å²) >= 11 is 1.15. The van der Waals surface area contributed by atoms with Gasteiger partial charge in [-0.05, 0) is 19.0 Å². The van der Waals surface area contributed by atoms with Crippen molar-refractivity contribution in [3.8, 4) is 0 Å². The molecule has 0 fully saturated rings. The lowest BCUT2D eigenvalue weighted by atomic mass is 10.3. The van der Waals surface area contributed by atoms with Gasteiger partial charge in [-0.15, -0.1) is 11.3 Å². The molecule has 1 aromatic heterocycles. The molecular weight excluding hydrogens is 223 g/mol. The van der Waals surface area contributed by atoms with Crippen LogP contribution in [0, 0.1) is 0 Å². The van der Waals surface area contributed by atoms with E-state index in [4.69, 9.17) is 0 Å². The quantitative estimate of drug-likeness (QED) is 0.771. The Balaban J connectivity index is 2.40. The average Bonchev–Trinajstić information content (AvgIpc) is 2.60. The van der Waals surface area contributed by atoms with Gasteiger partial charge in [-0.25, -0.2) is 0 Å². The van der Waals surface area contributed by atoms with E-state index >= 15 is 0 Å². The lowest BCUT2D eigenvalue weighted by molar-refractivity contribution is -0.137. The van der Waals surface area contributed by atoms with Crippen molar-refractivity contribution < 1.29 is 13.2 Å². The first-order valence-electron chi connectivity index (χ1n) is 4.89. The molecule has 0 radical (unpaired) electrons. The number of hydrogen-bond acceptors (Lipinski definition) is 2. The van der Waals surface area contributed by atoms with E-state index in [-0.39, 0.29) is 0 Å². The van der Waals surface area contributed by atoms with Crippen LogP contribution in [0.3, 0.4) is 0 Å². The Morgan fingerprint density at radius 3 is 2.67 bits per heavy atom. The molecule has 0 aliphatic rings. The minimum Gasteiger partial charge on any atom is -0.312 e. The van der Waals surface area contributed by atoms with Gasteiger partial charge in [0.1, 0.15) is 0 Å². The summed E-state index contributed by atoms with van der Waals surface area (Å²) in [5.74, 6) is 0. The van der Waals surface area contributed by atoms with Crippen LogP contribution in [0.2, 0.25) is 0 Å². The molecule has 0 atom stereocenters. The summed E-state index contributed by atoms with van der Waals surface area (Å²) in [5.41, 5.74) is -0.542. The van der Waals surface area contributed by atoms with E-state index in [2.05, 4.69) is 12.2 Å². The van der Waals surface area contributed by atoms with E-state index in [0.717, 1.165) is 41.0 Å². The second kappa shape index (κ2) is 5.51. The number of alkyl halides is 3. The topological polar surface area (TPSA) is 12.0 Å². The van der Waals surface area contributed by atoms with E-state index < -0.39 is 11.7 Å². The molecule has 0 aliphatic carbocycles. The van der Waals surface area contributed by atoms with E-state index in [1.54, 1.807) is 0 Å². The molecule has 0 spiro atoms. The maximum Gasteiger partial charge on any atom is 0.417 e. The smallest absolute Gasteiger partial charge is 0.312 e. The van der Waals surface area contributed by atoms with Crippen LogP contribution in [0.4, 0.5) is 13.2 Å². The highest BCUT2D eigenvalue weighted by molar-refractivity contribution is 7.10. The van der Waals surface area contributed by atoms with Crippen molar-refractivity contribution in [1.82, 2.24) is 5.32 Å². The summed E-state index contributed by atoms with van der Waals surface area (Å²) in [5, 5.41) is 4.27. The standard InChI is InChI=1S/C10H14F3NS/c1-2-3-4-14-6-9-5-8(7-15-9)10(11,12)13/h5,7,14H,2-4,6H2,1H3. The van der Waals surface area contributed by atoms with Gasteiger partial charge in [0.15, 0.2) is 0 Å². The average molecular weight is 237 g/mol. The molecule has 1 N–H and O–H groups in total. The Bertz CT molecular complexity index is 293. The van der Waals surface area contributed by atoms with Crippen LogP contribution in [-0.4, -0.2) is 6.54 Å². The van der Waals surface area contributed by atoms with Crippen molar-refractivity contribution >= 4 is 11.3 Å². The first kappa shape index (κ1) is 12.5. The van der Waals surface area contributed by atoms with E-state index in [9.17, 15) is 13.2 Å². The molecular formula is C10H14F3NS. The molecule has 0 aromatic carbocycles. The Labute approximate surface area is 91.3 Å². The Morgan fingerprint density at radius 2 is 2.13 bits per heavy atom. The predicted octanol–water partition coefficient (Wildman–Crippen LogP) is 3.66. The second-order valence-corrected chi connectivity index (χ2v) is 4.33. The molecule has 0 saturated carbocycles. The molecule has 0 amide bonds. The van der Waals surface area contributed by atoms with Gasteiger partial charge >= 0.3 is 6.18 Å². The van der Waals surface area contributed by atoms with Crippen LogP contribution in [0.1, 0.15) is 30.2 Å². The maximum atomic E-state index is 12.2. The molecule has 0 saturated heterocycles. The van der Waals surface area contributed by atoms with Crippen molar-refractivity contribution in [2.45, 2.75) is 32.5 Å². The van der Waals surface area contributed by atoms with Crippen molar-refractivity contribution in [3.63, 3.8) is 0 Å². The number of hydrogen-bond donors (Lipinski definition) is 1. The Morgan fingerprint density at radius 1 is 1.40 bits per heavy atom. The third-order valence-corrected chi connectivity index (χ3v) is 2.92. The minimum absolute atomic E-state index is 0.529. The highest BCUT2D eigenvalue weighted by Gasteiger charge is 2.31. The molecule has 0 unspecified atom stereocenters. The molecule has 1 heterocycles. The fourth-order valence-electron chi connectivity index (χ4n) is 1.14. The van der Waals surface area contributed by atoms with Crippen LogP contribution < -0.4 is 5.32 Å². The Hall–Kier alpha value is -0.550. The fraction of sp³-hybridized carbons (Fsp3) is 0.600. The second-order valence-electron chi connectivity index (χ2n) is 3.33. The maximum absolute atomic E-state index is 12.2. The molecule has 0 aliphatic heterocycles. The largest absolute Gasteiger partial charge is 0.417 e. The number of unbranched alkanes of at least 4 members (excludes halogenated alkanes) is 1. The molecule has 0 bridgehead atoms. The van der Waals surface area contributed by atoms with Crippen molar-refractivity contribution in [2.75, 3.05) is 6.54 Å². The van der Waals surface area contributed by atoms with Gasteiger partial charge < -0.3 is 5.32 Å². The van der Waals surface area contributed by atoms with Crippen LogP contribution in [0.25, 0.3) is 0 Å². The third kappa shape index (κ3) is 4.22. The number of nitrogens with one attached hydrogen (secondary N) is 1. The number of halogens is 3. The van der Waals surface area contributed by atoms with Gasteiger partial charge in [0.2, 0.25) is 0 Å². The van der Waals surface area contributed by atoms with Gasteiger partial charge in [0.05, 0.1) is 5.56 Å². The van der Waals surface area contributed by atoms with Gasteiger partial charge in [-0.2, -0.15) is 13.2 Å². The summed E-state index contributed by atoms with van der Waals surface area (Å²) in [6.07, 6.45) is -2.07. The monoisotopic (exact) mass is 237 g/mol. The zero-order valence-corrected chi connectivity index (χ0v) is 9.34. The van der Waals surface area contributed by atoms with E-state index in [0.29, 0.717) is 6.54 Å². The van der Waals surface area contributed by atoms with Crippen LogP contribution in [0.15, 0.2) is 11.4 Å². The molecule has 5 heteroatoms. The number of rotatable bonds is 5. The minimum atomic E-state index is -4.21. The SMILES string of the molecule is CCCCNCc1cc(C(F)(F)F)cs1. The van der Waals surface area contributed by atoms with E-state index in [1.165, 1.54) is 6.07 Å². The first-order chi connectivity index (χ1) is 7.04. The highest BCUT2D eigenvalue weighted by atomic mass is 32.1. The lowest BCUT2D eigenvalue weighted by Crippen LogP contribution is -2.13. The van der Waals surface area contributed by atoms with Crippen LogP contribution in [-0.2, 0) is 12.7 Å². The molecule has 15 heavy (non-hydrogen) atoms. The van der Waals surface area contributed by atoms with Crippen molar-refractivity contribution in [2.24, 2.45) is 0 Å². The van der Waals surface area contributed by atoms with Crippen molar-refractivity contribution in [1.29, 1.82) is 0 Å². The summed E-state index contributed by atoms with van der Waals surface area (Å²) < 4.78 is 36.7. The molecule has 1 aromatic rings. The predicted molar refractivity (Wildman–Crippen MR) is 55.9 cm³/mol. The molecule has 1 rings (SSSR count). The summed E-state index contributed by atoms with van der Waals surface area (Å²) in [4.78, 5) is 0.735. The van der Waals surface area contributed by atoms with Crippen LogP contribution in [0.5, 0.6) is 0 Å². The summed E-state index contributed by atoms with van der Waals surface area (Å²) in [6.45, 7) is 3.46. The zero-order chi connectivity index (χ0) is 11.3. The van der Waals surface area contributed by atoms with Gasteiger partial charge in [-0.3, -0.25) is 0 Å². The fourth-order valence-corrected chi connectivity index (χ4v) is 2.00. The van der Waals surface area contributed by atoms with Gasteiger partial charge in [0.25, 0.3) is 0 Å². The molecule has 1 nitrogen and oxygen atoms in total. The Kier molecular flexibility index (Phi) is 4.60. The lowest BCUT2D eigenvalue weighted by Gasteiger charge is -2.02. The summed E-state index contributed by atoms with van der Waals surface area (Å²) in [6, 6.07) is 1.21. The van der Waals surface area contributed by atoms with Crippen LogP contribution >= 0.6 is 11.3 Å². The number of thiophene rings is 1. The zero-order valence-electron chi connectivity index (χ0n) is 8.53. The highest BCUT2D eigenvalue weighted by Crippen LogP contribution is 2.32. The normalized spacial score (nSPS) is 12.0. The van der Waals surface area contributed by atoms with Crippen molar-refractivity contribution in [3.05, 3.63) is 21.9 Å².